The predicted molar refractivity (Wildman–Crippen MR) is 85.4 cm³/mol. The van der Waals surface area contributed by atoms with E-state index in [4.69, 9.17) is 0 Å². The maximum atomic E-state index is 13.1. The van der Waals surface area contributed by atoms with Gasteiger partial charge in [0.2, 0.25) is 0 Å². The first-order chi connectivity index (χ1) is 10.2. The molecular formula is C17H22FN3. The van der Waals surface area contributed by atoms with Gasteiger partial charge in [-0.05, 0) is 50.7 Å². The zero-order valence-electron chi connectivity index (χ0n) is 12.9. The van der Waals surface area contributed by atoms with Crippen LogP contribution in [0.15, 0.2) is 36.5 Å². The molecule has 1 aromatic heterocycles. The third-order valence-electron chi connectivity index (χ3n) is 3.41. The zero-order valence-corrected chi connectivity index (χ0v) is 12.9. The molecule has 0 fully saturated rings. The molecule has 0 atom stereocenters. The Morgan fingerprint density at radius 3 is 2.52 bits per heavy atom. The lowest BCUT2D eigenvalue weighted by Gasteiger charge is -2.26. The third-order valence-corrected chi connectivity index (χ3v) is 3.41. The molecule has 2 aromatic rings. The van der Waals surface area contributed by atoms with Crippen molar-refractivity contribution in [3.05, 3.63) is 53.6 Å². The standard InChI is InChI=1S/C17H22FN3/c1-4-19-11-14-12-20-13(3)10-17(14)21(5-2)16-8-6-15(18)7-9-16/h6-10,12,19H,4-5,11H2,1-3H3. The first-order valence-corrected chi connectivity index (χ1v) is 7.35. The highest BCUT2D eigenvalue weighted by molar-refractivity contribution is 5.66. The highest BCUT2D eigenvalue weighted by Crippen LogP contribution is 2.28. The van der Waals surface area contributed by atoms with Crippen LogP contribution in [0.4, 0.5) is 15.8 Å². The van der Waals surface area contributed by atoms with Crippen LogP contribution < -0.4 is 10.2 Å². The molecule has 1 N–H and O–H groups in total. The number of aryl methyl sites for hydroxylation is 1. The number of rotatable bonds is 6. The van der Waals surface area contributed by atoms with E-state index < -0.39 is 0 Å². The molecule has 21 heavy (non-hydrogen) atoms. The van der Waals surface area contributed by atoms with Crippen molar-refractivity contribution in [2.45, 2.75) is 27.3 Å². The van der Waals surface area contributed by atoms with Gasteiger partial charge in [0.25, 0.3) is 0 Å². The summed E-state index contributed by atoms with van der Waals surface area (Å²) >= 11 is 0. The molecule has 0 aliphatic carbocycles. The third kappa shape index (κ3) is 3.79. The molecule has 0 radical (unpaired) electrons. The Morgan fingerprint density at radius 2 is 1.90 bits per heavy atom. The van der Waals surface area contributed by atoms with Crippen molar-refractivity contribution in [2.24, 2.45) is 0 Å². The van der Waals surface area contributed by atoms with E-state index in [1.807, 2.05) is 25.3 Å². The number of hydrogen-bond acceptors (Lipinski definition) is 3. The monoisotopic (exact) mass is 287 g/mol. The van der Waals surface area contributed by atoms with Crippen molar-refractivity contribution in [1.82, 2.24) is 10.3 Å². The SMILES string of the molecule is CCNCc1cnc(C)cc1N(CC)c1ccc(F)cc1. The fraction of sp³-hybridized carbons (Fsp3) is 0.353. The second-order valence-corrected chi connectivity index (χ2v) is 4.96. The van der Waals surface area contributed by atoms with Gasteiger partial charge in [0.1, 0.15) is 5.82 Å². The lowest BCUT2D eigenvalue weighted by Crippen LogP contribution is -2.21. The van der Waals surface area contributed by atoms with Crippen LogP contribution in [0.3, 0.4) is 0 Å². The molecule has 4 heteroatoms. The summed E-state index contributed by atoms with van der Waals surface area (Å²) in [5.74, 6) is -0.214. The van der Waals surface area contributed by atoms with E-state index in [1.165, 1.54) is 12.1 Å². The summed E-state index contributed by atoms with van der Waals surface area (Å²) in [5, 5.41) is 3.34. The minimum Gasteiger partial charge on any atom is -0.341 e. The zero-order chi connectivity index (χ0) is 15.2. The van der Waals surface area contributed by atoms with Crippen LogP contribution in [0.25, 0.3) is 0 Å². The van der Waals surface area contributed by atoms with Crippen molar-refractivity contribution >= 4 is 11.4 Å². The van der Waals surface area contributed by atoms with Crippen LogP contribution in [-0.4, -0.2) is 18.1 Å². The summed E-state index contributed by atoms with van der Waals surface area (Å²) in [5.41, 5.74) is 4.24. The Morgan fingerprint density at radius 1 is 1.19 bits per heavy atom. The van der Waals surface area contributed by atoms with Crippen LogP contribution in [-0.2, 0) is 6.54 Å². The van der Waals surface area contributed by atoms with E-state index in [9.17, 15) is 4.39 Å². The van der Waals surface area contributed by atoms with E-state index in [0.29, 0.717) is 0 Å². The van der Waals surface area contributed by atoms with Crippen LogP contribution in [0.5, 0.6) is 0 Å². The Labute approximate surface area is 125 Å². The van der Waals surface area contributed by atoms with Crippen LogP contribution in [0.2, 0.25) is 0 Å². The Balaban J connectivity index is 2.40. The number of nitrogens with zero attached hydrogens (tertiary/aromatic N) is 2. The quantitative estimate of drug-likeness (QED) is 0.876. The van der Waals surface area contributed by atoms with Gasteiger partial charge in [0, 0.05) is 41.9 Å². The van der Waals surface area contributed by atoms with Crippen molar-refractivity contribution < 1.29 is 4.39 Å². The molecule has 0 unspecified atom stereocenters. The van der Waals surface area contributed by atoms with Gasteiger partial charge in [-0.1, -0.05) is 6.92 Å². The number of halogens is 1. The fourth-order valence-electron chi connectivity index (χ4n) is 2.33. The van der Waals surface area contributed by atoms with Crippen LogP contribution in [0, 0.1) is 12.7 Å². The average Bonchev–Trinajstić information content (AvgIpc) is 2.49. The van der Waals surface area contributed by atoms with Crippen molar-refractivity contribution in [3.63, 3.8) is 0 Å². The fourth-order valence-corrected chi connectivity index (χ4v) is 2.33. The van der Waals surface area contributed by atoms with Crippen molar-refractivity contribution in [2.75, 3.05) is 18.0 Å². The first kappa shape index (κ1) is 15.4. The Kier molecular flexibility index (Phi) is 5.28. The van der Waals surface area contributed by atoms with Gasteiger partial charge in [-0.25, -0.2) is 4.39 Å². The highest BCUT2D eigenvalue weighted by atomic mass is 19.1. The average molecular weight is 287 g/mol. The molecule has 0 aliphatic rings. The predicted octanol–water partition coefficient (Wildman–Crippen LogP) is 3.80. The number of anilines is 2. The van der Waals surface area contributed by atoms with Crippen LogP contribution in [0.1, 0.15) is 25.1 Å². The molecule has 3 nitrogen and oxygen atoms in total. The van der Waals surface area contributed by atoms with Gasteiger partial charge >= 0.3 is 0 Å². The number of aromatic nitrogens is 1. The lowest BCUT2D eigenvalue weighted by atomic mass is 10.1. The molecule has 0 bridgehead atoms. The van der Waals surface area contributed by atoms with Gasteiger partial charge in [0.05, 0.1) is 0 Å². The van der Waals surface area contributed by atoms with Gasteiger partial charge in [0.15, 0.2) is 0 Å². The summed E-state index contributed by atoms with van der Waals surface area (Å²) in [7, 11) is 0. The van der Waals surface area contributed by atoms with Crippen molar-refractivity contribution in [1.29, 1.82) is 0 Å². The molecule has 112 valence electrons. The summed E-state index contributed by atoms with van der Waals surface area (Å²) in [4.78, 5) is 6.57. The smallest absolute Gasteiger partial charge is 0.123 e. The second kappa shape index (κ2) is 7.18. The first-order valence-electron chi connectivity index (χ1n) is 7.35. The minimum absolute atomic E-state index is 0.214. The van der Waals surface area contributed by atoms with E-state index in [2.05, 4.69) is 35.1 Å². The molecule has 1 heterocycles. The largest absolute Gasteiger partial charge is 0.341 e. The van der Waals surface area contributed by atoms with Gasteiger partial charge in [-0.2, -0.15) is 0 Å². The topological polar surface area (TPSA) is 28.2 Å². The number of nitrogens with one attached hydrogen (secondary N) is 1. The maximum absolute atomic E-state index is 13.1. The van der Waals surface area contributed by atoms with E-state index in [0.717, 1.165) is 42.3 Å². The molecule has 0 saturated carbocycles. The molecule has 1 aromatic carbocycles. The van der Waals surface area contributed by atoms with E-state index in [1.54, 1.807) is 0 Å². The minimum atomic E-state index is -0.214. The van der Waals surface area contributed by atoms with E-state index >= 15 is 0 Å². The van der Waals surface area contributed by atoms with Crippen LogP contribution >= 0.6 is 0 Å². The highest BCUT2D eigenvalue weighted by Gasteiger charge is 2.12. The molecule has 0 amide bonds. The maximum Gasteiger partial charge on any atom is 0.123 e. The summed E-state index contributed by atoms with van der Waals surface area (Å²) in [6, 6.07) is 8.70. The van der Waals surface area contributed by atoms with E-state index in [-0.39, 0.29) is 5.82 Å². The Hall–Kier alpha value is -1.94. The molecule has 0 spiro atoms. The van der Waals surface area contributed by atoms with Crippen molar-refractivity contribution in [3.8, 4) is 0 Å². The molecule has 0 aliphatic heterocycles. The van der Waals surface area contributed by atoms with Gasteiger partial charge in [-0.15, -0.1) is 0 Å². The Bertz CT molecular complexity index is 581. The summed E-state index contributed by atoms with van der Waals surface area (Å²) < 4.78 is 13.1. The number of hydrogen-bond donors (Lipinski definition) is 1. The summed E-state index contributed by atoms with van der Waals surface area (Å²) in [6.07, 6.45) is 1.92. The summed E-state index contributed by atoms with van der Waals surface area (Å²) in [6.45, 7) is 8.66. The second-order valence-electron chi connectivity index (χ2n) is 4.96. The molecule has 0 saturated heterocycles. The van der Waals surface area contributed by atoms with Gasteiger partial charge < -0.3 is 10.2 Å². The lowest BCUT2D eigenvalue weighted by molar-refractivity contribution is 0.628. The normalized spacial score (nSPS) is 10.7. The number of pyridine rings is 1. The van der Waals surface area contributed by atoms with Gasteiger partial charge in [-0.3, -0.25) is 4.98 Å². The number of benzene rings is 1. The molecular weight excluding hydrogens is 265 g/mol. The molecule has 2 rings (SSSR count).